The molecule has 338 valence electrons. The first-order valence-corrected chi connectivity index (χ1v) is 24.9. The van der Waals surface area contributed by atoms with E-state index in [0.717, 1.165) is 0 Å². The third-order valence-electron chi connectivity index (χ3n) is 15.9. The van der Waals surface area contributed by atoms with Crippen LogP contribution in [0.5, 0.6) is 0 Å². The lowest BCUT2D eigenvalue weighted by molar-refractivity contribution is 0.587. The second-order valence-corrected chi connectivity index (χ2v) is 24.1. The van der Waals surface area contributed by atoms with E-state index in [1.165, 1.54) is 111 Å². The standard InChI is InChI=1S/C68H66/c1-63(2,3)45-23-31-49(32-24-45)67(50-33-25-46(26-34-50)64(4,5)6)57-41-21-43-17-13-15-19-53(43)59(57)55-39-40-56-60-54-20-16-14-18-44(54)22-42-58(60)68(62(56)61(55)67,51-35-27-47(28-36-51)65(7,8)9)52-37-29-48(30-38-52)66(10,11)12/h13-42H,1-12H3. The SMILES string of the molecule is CC(C)(C)c1ccc(C2(c3ccc(C(C)(C)C)cc3)c3ccc4ccccc4c3-c3ccc4c(c32)C(c2ccc(C(C)(C)C)cc2)(c2ccc(C(C)(C)C)cc2)c2ccc3ccccc3c2-4)cc1. The van der Waals surface area contributed by atoms with Gasteiger partial charge in [-0.15, -0.1) is 0 Å². The summed E-state index contributed by atoms with van der Waals surface area (Å²) in [7, 11) is 0. The highest BCUT2D eigenvalue weighted by Gasteiger charge is 2.56. The molecule has 9 aromatic rings. The number of rotatable bonds is 4. The lowest BCUT2D eigenvalue weighted by Crippen LogP contribution is -2.36. The van der Waals surface area contributed by atoms with E-state index >= 15 is 0 Å². The Kier molecular flexibility index (Phi) is 9.71. The van der Waals surface area contributed by atoms with Crippen molar-refractivity contribution in [3.8, 4) is 22.3 Å². The van der Waals surface area contributed by atoms with Crippen LogP contribution in [0.25, 0.3) is 43.8 Å². The van der Waals surface area contributed by atoms with E-state index in [2.05, 4.69) is 265 Å². The molecule has 0 amide bonds. The molecule has 0 saturated heterocycles. The van der Waals surface area contributed by atoms with Crippen molar-refractivity contribution in [3.05, 3.63) is 249 Å². The predicted molar refractivity (Wildman–Crippen MR) is 291 cm³/mol. The fraction of sp³-hybridized carbons (Fsp3) is 0.265. The number of fused-ring (bicyclic) bond motifs is 11. The summed E-state index contributed by atoms with van der Waals surface area (Å²) in [5.41, 5.74) is 19.9. The Morgan fingerprint density at radius 3 is 0.794 bits per heavy atom. The van der Waals surface area contributed by atoms with Crippen molar-refractivity contribution in [1.29, 1.82) is 0 Å². The Morgan fingerprint density at radius 1 is 0.265 bits per heavy atom. The first-order valence-electron chi connectivity index (χ1n) is 24.9. The van der Waals surface area contributed by atoms with Crippen LogP contribution in [0, 0.1) is 0 Å². The Balaban J connectivity index is 1.39. The van der Waals surface area contributed by atoms with Crippen molar-refractivity contribution in [3.63, 3.8) is 0 Å². The van der Waals surface area contributed by atoms with Gasteiger partial charge in [0.15, 0.2) is 0 Å². The summed E-state index contributed by atoms with van der Waals surface area (Å²) in [6, 6.07) is 71.9. The van der Waals surface area contributed by atoms with Crippen LogP contribution >= 0.6 is 0 Å². The predicted octanol–water partition coefficient (Wildman–Crippen LogP) is 17.9. The van der Waals surface area contributed by atoms with Crippen LogP contribution in [0.2, 0.25) is 0 Å². The Hall–Kier alpha value is -6.50. The minimum absolute atomic E-state index is 0.000715. The zero-order valence-corrected chi connectivity index (χ0v) is 42.3. The van der Waals surface area contributed by atoms with Gasteiger partial charge in [-0.1, -0.05) is 265 Å². The topological polar surface area (TPSA) is 0 Å². The molecule has 0 aliphatic heterocycles. The van der Waals surface area contributed by atoms with E-state index in [1.807, 2.05) is 0 Å². The Morgan fingerprint density at radius 2 is 0.529 bits per heavy atom. The van der Waals surface area contributed by atoms with Crippen LogP contribution in [-0.2, 0) is 32.5 Å². The van der Waals surface area contributed by atoms with Gasteiger partial charge in [0.25, 0.3) is 0 Å². The van der Waals surface area contributed by atoms with Crippen molar-refractivity contribution in [2.24, 2.45) is 0 Å². The molecule has 0 bridgehead atoms. The lowest BCUT2D eigenvalue weighted by atomic mass is 9.60. The first-order chi connectivity index (χ1) is 32.2. The molecule has 0 radical (unpaired) electrons. The average molecular weight is 883 g/mol. The van der Waals surface area contributed by atoms with Gasteiger partial charge in [0.05, 0.1) is 10.8 Å². The molecule has 68 heavy (non-hydrogen) atoms. The van der Waals surface area contributed by atoms with Crippen molar-refractivity contribution < 1.29 is 0 Å². The van der Waals surface area contributed by atoms with Gasteiger partial charge in [0.2, 0.25) is 0 Å². The van der Waals surface area contributed by atoms with E-state index < -0.39 is 10.8 Å². The molecule has 2 aliphatic rings. The van der Waals surface area contributed by atoms with Gasteiger partial charge in [-0.05, 0) is 132 Å². The van der Waals surface area contributed by atoms with E-state index in [0.29, 0.717) is 0 Å². The van der Waals surface area contributed by atoms with E-state index in [9.17, 15) is 0 Å². The fourth-order valence-corrected chi connectivity index (χ4v) is 12.2. The molecule has 0 nitrogen and oxygen atoms in total. The average Bonchev–Trinajstić information content (AvgIpc) is 3.80. The molecular formula is C68H66. The second kappa shape index (κ2) is 15.0. The van der Waals surface area contributed by atoms with Crippen LogP contribution in [-0.4, -0.2) is 0 Å². The summed E-state index contributed by atoms with van der Waals surface area (Å²) < 4.78 is 0. The summed E-state index contributed by atoms with van der Waals surface area (Å²) in [6.07, 6.45) is 0. The highest BCUT2D eigenvalue weighted by Crippen LogP contribution is 2.67. The molecule has 0 saturated carbocycles. The van der Waals surface area contributed by atoms with Gasteiger partial charge < -0.3 is 0 Å². The molecule has 0 N–H and O–H groups in total. The first kappa shape index (κ1) is 44.0. The largest absolute Gasteiger partial charge is 0.0717 e. The molecule has 0 unspecified atom stereocenters. The summed E-state index contributed by atoms with van der Waals surface area (Å²) in [6.45, 7) is 27.9. The highest BCUT2D eigenvalue weighted by molar-refractivity contribution is 6.09. The maximum Gasteiger partial charge on any atom is 0.0717 e. The Bertz CT molecular complexity index is 3070. The van der Waals surface area contributed by atoms with Crippen molar-refractivity contribution in [1.82, 2.24) is 0 Å². The van der Waals surface area contributed by atoms with Gasteiger partial charge in [-0.25, -0.2) is 0 Å². The normalized spacial score (nSPS) is 15.0. The summed E-state index contributed by atoms with van der Waals surface area (Å²) in [5, 5.41) is 5.11. The quantitative estimate of drug-likeness (QED) is 0.165. The van der Waals surface area contributed by atoms with Crippen molar-refractivity contribution >= 4 is 21.5 Å². The van der Waals surface area contributed by atoms with Gasteiger partial charge in [0.1, 0.15) is 0 Å². The number of hydrogen-bond donors (Lipinski definition) is 0. The fourth-order valence-electron chi connectivity index (χ4n) is 12.2. The van der Waals surface area contributed by atoms with Crippen LogP contribution in [0.1, 0.15) is 150 Å². The van der Waals surface area contributed by atoms with Crippen LogP contribution in [0.15, 0.2) is 182 Å². The molecule has 2 aliphatic carbocycles. The zero-order valence-electron chi connectivity index (χ0n) is 42.3. The van der Waals surface area contributed by atoms with E-state index in [-0.39, 0.29) is 21.7 Å². The summed E-state index contributed by atoms with van der Waals surface area (Å²) in [4.78, 5) is 0. The minimum Gasteiger partial charge on any atom is -0.0616 e. The number of hydrogen-bond acceptors (Lipinski definition) is 0. The van der Waals surface area contributed by atoms with Crippen LogP contribution in [0.3, 0.4) is 0 Å². The molecule has 0 atom stereocenters. The summed E-state index contributed by atoms with van der Waals surface area (Å²) >= 11 is 0. The molecule has 9 aromatic carbocycles. The van der Waals surface area contributed by atoms with Gasteiger partial charge in [-0.3, -0.25) is 0 Å². The van der Waals surface area contributed by atoms with Crippen molar-refractivity contribution in [2.45, 2.75) is 116 Å². The zero-order chi connectivity index (χ0) is 47.8. The second-order valence-electron chi connectivity index (χ2n) is 24.1. The molecule has 0 heteroatoms. The maximum absolute atomic E-state index is 2.50. The highest BCUT2D eigenvalue weighted by atomic mass is 14.6. The van der Waals surface area contributed by atoms with Crippen LogP contribution in [0.4, 0.5) is 0 Å². The monoisotopic (exact) mass is 883 g/mol. The third-order valence-corrected chi connectivity index (χ3v) is 15.9. The van der Waals surface area contributed by atoms with Gasteiger partial charge >= 0.3 is 0 Å². The lowest BCUT2D eigenvalue weighted by Gasteiger charge is -2.41. The molecule has 11 rings (SSSR count). The van der Waals surface area contributed by atoms with E-state index in [1.54, 1.807) is 0 Å². The molecule has 0 aromatic heterocycles. The minimum atomic E-state index is -0.688. The smallest absolute Gasteiger partial charge is 0.0616 e. The third kappa shape index (κ3) is 6.39. The van der Waals surface area contributed by atoms with E-state index in [4.69, 9.17) is 0 Å². The van der Waals surface area contributed by atoms with Crippen LogP contribution < -0.4 is 0 Å². The molecule has 0 spiro atoms. The number of benzene rings is 9. The van der Waals surface area contributed by atoms with Gasteiger partial charge in [0, 0.05) is 0 Å². The molecule has 0 heterocycles. The molecule has 0 fully saturated rings. The maximum atomic E-state index is 2.50. The molecular weight excluding hydrogens is 817 g/mol. The summed E-state index contributed by atoms with van der Waals surface area (Å²) in [5.74, 6) is 0. The van der Waals surface area contributed by atoms with Gasteiger partial charge in [-0.2, -0.15) is 0 Å². The Labute approximate surface area is 406 Å². The van der Waals surface area contributed by atoms with Crippen molar-refractivity contribution in [2.75, 3.05) is 0 Å².